The molecule has 0 aromatic rings. The van der Waals surface area contributed by atoms with Gasteiger partial charge in [-0.3, -0.25) is 0 Å². The Bertz CT molecular complexity index is 495. The van der Waals surface area contributed by atoms with Gasteiger partial charge in [0, 0.05) is 10.8 Å². The van der Waals surface area contributed by atoms with Gasteiger partial charge in [0.1, 0.15) is 13.2 Å². The molecule has 1 heterocycles. The normalized spacial score (nSPS) is 20.7. The van der Waals surface area contributed by atoms with Crippen LogP contribution < -0.4 is 0 Å². The predicted molar refractivity (Wildman–Crippen MR) is 108 cm³/mol. The zero-order valence-electron chi connectivity index (χ0n) is 16.7. The molecule has 0 spiro atoms. The molecule has 0 amide bonds. The van der Waals surface area contributed by atoms with Crippen molar-refractivity contribution in [2.45, 2.75) is 25.7 Å². The first kappa shape index (κ1) is 23.9. The summed E-state index contributed by atoms with van der Waals surface area (Å²) in [6.07, 6.45) is 9.12. The fraction of sp³-hybridized carbons (Fsp3) is 0.545. The van der Waals surface area contributed by atoms with Crippen LogP contribution >= 0.6 is 0 Å². The molecule has 1 fully saturated rings. The monoisotopic (exact) mass is 392 g/mol. The number of rotatable bonds is 8. The molecule has 1 rings (SSSR count). The average molecular weight is 392 g/mol. The van der Waals surface area contributed by atoms with Crippen LogP contribution in [0.2, 0.25) is 0 Å². The van der Waals surface area contributed by atoms with Crippen LogP contribution in [0.4, 0.5) is 0 Å². The van der Waals surface area contributed by atoms with E-state index in [2.05, 4.69) is 26.3 Å². The van der Waals surface area contributed by atoms with E-state index in [9.17, 15) is 9.59 Å². The fourth-order valence-electron chi connectivity index (χ4n) is 3.20. The number of hydrogen-bond acceptors (Lipinski definition) is 6. The van der Waals surface area contributed by atoms with Crippen LogP contribution in [0.1, 0.15) is 25.7 Å². The van der Waals surface area contributed by atoms with Gasteiger partial charge >= 0.3 is 11.9 Å². The summed E-state index contributed by atoms with van der Waals surface area (Å²) in [6.45, 7) is 15.3. The lowest BCUT2D eigenvalue weighted by Crippen LogP contribution is -2.37. The summed E-state index contributed by atoms with van der Waals surface area (Å²) < 4.78 is 22.1. The highest BCUT2D eigenvalue weighted by atomic mass is 16.6. The van der Waals surface area contributed by atoms with Crippen molar-refractivity contribution in [3.63, 3.8) is 0 Å². The second kappa shape index (κ2) is 12.3. The molecule has 0 aliphatic carbocycles. The lowest BCUT2D eigenvalue weighted by Gasteiger charge is -2.33. The minimum atomic E-state index is -0.529. The molecule has 156 valence electrons. The minimum Gasteiger partial charge on any atom is -0.463 e. The Morgan fingerprint density at radius 1 is 0.643 bits per heavy atom. The Balaban J connectivity index is 2.95. The van der Waals surface area contributed by atoms with E-state index in [0.717, 1.165) is 0 Å². The number of cyclic esters (lactones) is 2. The summed E-state index contributed by atoms with van der Waals surface area (Å²) in [5.74, 6) is -0.921. The van der Waals surface area contributed by atoms with Gasteiger partial charge in [-0.05, 0) is 25.7 Å². The van der Waals surface area contributed by atoms with Crippen molar-refractivity contribution in [1.82, 2.24) is 0 Å². The number of hydrogen-bond donors (Lipinski definition) is 0. The van der Waals surface area contributed by atoms with E-state index in [-0.39, 0.29) is 39.6 Å². The van der Waals surface area contributed by atoms with Gasteiger partial charge in [-0.25, -0.2) is 9.59 Å². The highest BCUT2D eigenvalue weighted by Gasteiger charge is 2.33. The summed E-state index contributed by atoms with van der Waals surface area (Å²) in [5, 5.41) is 0. The van der Waals surface area contributed by atoms with Crippen LogP contribution in [0, 0.1) is 10.8 Å². The van der Waals surface area contributed by atoms with Gasteiger partial charge in [0.15, 0.2) is 0 Å². The van der Waals surface area contributed by atoms with E-state index in [1.807, 2.05) is 0 Å². The third-order valence-electron chi connectivity index (χ3n) is 4.64. The van der Waals surface area contributed by atoms with Crippen molar-refractivity contribution in [2.75, 3.05) is 39.6 Å². The van der Waals surface area contributed by atoms with E-state index in [1.165, 1.54) is 0 Å². The molecule has 0 saturated carbocycles. The third-order valence-corrected chi connectivity index (χ3v) is 4.64. The van der Waals surface area contributed by atoms with Crippen molar-refractivity contribution >= 4 is 11.9 Å². The summed E-state index contributed by atoms with van der Waals surface area (Å²) >= 11 is 0. The molecule has 1 aliphatic rings. The van der Waals surface area contributed by atoms with Crippen molar-refractivity contribution in [2.24, 2.45) is 10.8 Å². The molecular formula is C22H32O6. The fourth-order valence-corrected chi connectivity index (χ4v) is 3.20. The Morgan fingerprint density at radius 2 is 0.964 bits per heavy atom. The minimum absolute atomic E-state index is 0.118. The van der Waals surface area contributed by atoms with E-state index >= 15 is 0 Å². The number of ether oxygens (including phenoxy) is 4. The quantitative estimate of drug-likeness (QED) is 0.466. The maximum Gasteiger partial charge on any atom is 0.332 e. The number of allylic oxidation sites excluding steroid dienone is 4. The lowest BCUT2D eigenvalue weighted by molar-refractivity contribution is -0.164. The summed E-state index contributed by atoms with van der Waals surface area (Å²) in [4.78, 5) is 24.3. The molecule has 1 saturated heterocycles. The molecule has 6 heteroatoms. The Morgan fingerprint density at radius 3 is 1.25 bits per heavy atom. The maximum atomic E-state index is 12.2. The van der Waals surface area contributed by atoms with Gasteiger partial charge in [-0.1, -0.05) is 24.3 Å². The van der Waals surface area contributed by atoms with E-state index in [1.54, 1.807) is 24.3 Å². The summed E-state index contributed by atoms with van der Waals surface area (Å²) in [5.41, 5.74) is -1.06. The van der Waals surface area contributed by atoms with Crippen LogP contribution in [0.15, 0.2) is 50.6 Å². The van der Waals surface area contributed by atoms with Gasteiger partial charge in [0.25, 0.3) is 0 Å². The van der Waals surface area contributed by atoms with E-state index in [0.29, 0.717) is 25.7 Å². The number of esters is 2. The average Bonchev–Trinajstić information content (AvgIpc) is 2.65. The molecule has 0 aromatic carbocycles. The third kappa shape index (κ3) is 7.82. The first-order valence-corrected chi connectivity index (χ1v) is 9.35. The van der Waals surface area contributed by atoms with Crippen molar-refractivity contribution in [3.8, 4) is 0 Å². The molecule has 0 aromatic heterocycles. The largest absolute Gasteiger partial charge is 0.463 e. The summed E-state index contributed by atoms with van der Waals surface area (Å²) in [7, 11) is 0. The second-order valence-corrected chi connectivity index (χ2v) is 7.28. The molecule has 0 radical (unpaired) electrons. The molecule has 28 heavy (non-hydrogen) atoms. The van der Waals surface area contributed by atoms with E-state index in [4.69, 9.17) is 18.9 Å². The van der Waals surface area contributed by atoms with Crippen molar-refractivity contribution in [3.05, 3.63) is 50.6 Å². The second-order valence-electron chi connectivity index (χ2n) is 7.28. The standard InChI is InChI=1S/C22H32O6/c1-5-9-21(10-6-2)15-25-13-20(24)28-18-22(11-7-3,12-8-4)16-26-14-19(23)27-17-21/h5-8H,1-4,9-18H2. The molecular weight excluding hydrogens is 360 g/mol. The summed E-state index contributed by atoms with van der Waals surface area (Å²) in [6, 6.07) is 0. The molecule has 0 atom stereocenters. The Labute approximate surface area is 167 Å². The molecule has 0 bridgehead atoms. The van der Waals surface area contributed by atoms with Gasteiger partial charge in [0.05, 0.1) is 26.4 Å². The Kier molecular flexibility index (Phi) is 10.5. The van der Waals surface area contributed by atoms with Crippen molar-refractivity contribution < 1.29 is 28.5 Å². The van der Waals surface area contributed by atoms with E-state index < -0.39 is 22.8 Å². The molecule has 0 unspecified atom stereocenters. The number of carbonyl (C=O) groups excluding carboxylic acids is 2. The van der Waals surface area contributed by atoms with Gasteiger partial charge < -0.3 is 18.9 Å². The molecule has 0 N–H and O–H groups in total. The first-order chi connectivity index (χ1) is 13.4. The zero-order valence-corrected chi connectivity index (χ0v) is 16.7. The van der Waals surface area contributed by atoms with Crippen molar-refractivity contribution in [1.29, 1.82) is 0 Å². The van der Waals surface area contributed by atoms with Crippen LogP contribution in [0.5, 0.6) is 0 Å². The smallest absolute Gasteiger partial charge is 0.332 e. The first-order valence-electron chi connectivity index (χ1n) is 9.35. The Hall–Kier alpha value is -2.18. The van der Waals surface area contributed by atoms with Gasteiger partial charge in [-0.2, -0.15) is 0 Å². The van der Waals surface area contributed by atoms with Gasteiger partial charge in [-0.15, -0.1) is 26.3 Å². The maximum absolute atomic E-state index is 12.2. The van der Waals surface area contributed by atoms with Crippen LogP contribution in [-0.4, -0.2) is 51.6 Å². The lowest BCUT2D eigenvalue weighted by atomic mass is 9.82. The highest BCUT2D eigenvalue weighted by Crippen LogP contribution is 2.31. The highest BCUT2D eigenvalue weighted by molar-refractivity contribution is 5.71. The predicted octanol–water partition coefficient (Wildman–Crippen LogP) is 3.40. The molecule has 6 nitrogen and oxygen atoms in total. The molecule has 1 aliphatic heterocycles. The van der Waals surface area contributed by atoms with Gasteiger partial charge in [0.2, 0.25) is 0 Å². The topological polar surface area (TPSA) is 71.1 Å². The number of carbonyl (C=O) groups is 2. The SMILES string of the molecule is C=CCC1(CC=C)COCC(=O)OCC(CC=C)(CC=C)COCC(=O)OC1. The van der Waals surface area contributed by atoms with Crippen LogP contribution in [0.25, 0.3) is 0 Å². The zero-order chi connectivity index (χ0) is 20.9. The van der Waals surface area contributed by atoms with Crippen LogP contribution in [-0.2, 0) is 28.5 Å². The van der Waals surface area contributed by atoms with Crippen LogP contribution in [0.3, 0.4) is 0 Å².